The van der Waals surface area contributed by atoms with Crippen LogP contribution < -0.4 is 4.74 Å². The maximum atomic E-state index is 11.2. The third kappa shape index (κ3) is 5.80. The van der Waals surface area contributed by atoms with Gasteiger partial charge in [0.25, 0.3) is 5.62 Å². The summed E-state index contributed by atoms with van der Waals surface area (Å²) in [4.78, 5) is 22.9. The maximum absolute atomic E-state index is 11.2. The Morgan fingerprint density at radius 3 is 2.33 bits per heavy atom. The van der Waals surface area contributed by atoms with Crippen molar-refractivity contribution in [3.05, 3.63) is 60.2 Å². The van der Waals surface area contributed by atoms with Gasteiger partial charge in [0.05, 0.1) is 0 Å². The van der Waals surface area contributed by atoms with Crippen LogP contribution in [0.25, 0.3) is 0 Å². The molecule has 2 rings (SSSR count). The number of carboxylic acid groups (broad SMARTS) is 2. The zero-order chi connectivity index (χ0) is 17.4. The van der Waals surface area contributed by atoms with Gasteiger partial charge in [0.15, 0.2) is 0 Å². The van der Waals surface area contributed by atoms with Crippen molar-refractivity contribution < 1.29 is 29.3 Å². The van der Waals surface area contributed by atoms with Crippen molar-refractivity contribution >= 4 is 33.5 Å². The second-order valence-corrected chi connectivity index (χ2v) is 6.70. The maximum Gasteiger partial charge on any atom is 0.339 e. The van der Waals surface area contributed by atoms with Gasteiger partial charge >= 0.3 is 11.9 Å². The first-order chi connectivity index (χ1) is 11.6. The molecule has 8 heteroatoms. The third-order valence-corrected chi connectivity index (χ3v) is 4.94. The highest BCUT2D eigenvalue weighted by Crippen LogP contribution is 2.36. The summed E-state index contributed by atoms with van der Waals surface area (Å²) in [6, 6.07) is 15.5. The Morgan fingerprint density at radius 1 is 1.00 bits per heavy atom. The van der Waals surface area contributed by atoms with E-state index in [1.165, 1.54) is 22.9 Å². The van der Waals surface area contributed by atoms with Crippen LogP contribution >= 0.6 is 21.6 Å². The van der Waals surface area contributed by atoms with E-state index in [2.05, 4.69) is 0 Å². The van der Waals surface area contributed by atoms with Crippen molar-refractivity contribution in [2.24, 2.45) is 0 Å². The SMILES string of the molecule is O=C(O)CO[C@@H](Oc1ccccc1C(=O)O)SSc1ccccc1. The Balaban J connectivity index is 2.08. The van der Waals surface area contributed by atoms with E-state index in [0.717, 1.165) is 15.7 Å². The van der Waals surface area contributed by atoms with E-state index in [4.69, 9.17) is 14.6 Å². The summed E-state index contributed by atoms with van der Waals surface area (Å²) in [5.41, 5.74) is -1.00. The lowest BCUT2D eigenvalue weighted by molar-refractivity contribution is -0.146. The lowest BCUT2D eigenvalue weighted by atomic mass is 10.2. The third-order valence-electron chi connectivity index (χ3n) is 2.65. The summed E-state index contributed by atoms with van der Waals surface area (Å²) in [6.45, 7) is -0.553. The number of rotatable bonds is 9. The highest BCUT2D eigenvalue weighted by atomic mass is 33.1. The fourth-order valence-corrected chi connectivity index (χ4v) is 3.55. The summed E-state index contributed by atoms with van der Waals surface area (Å²) < 4.78 is 10.7. The summed E-state index contributed by atoms with van der Waals surface area (Å²) in [7, 11) is 2.49. The minimum absolute atomic E-state index is 0.0215. The minimum atomic E-state index is -1.14. The standard InChI is InChI=1S/C16H14O6S2/c17-14(18)10-21-16(24-23-11-6-2-1-3-7-11)22-13-9-5-4-8-12(13)15(19)20/h1-9,16H,10H2,(H,17,18)(H,19,20)/t16-/m0/s1. The number of para-hydroxylation sites is 1. The average molecular weight is 366 g/mol. The average Bonchev–Trinajstić information content (AvgIpc) is 2.58. The monoisotopic (exact) mass is 366 g/mol. The molecule has 0 fully saturated rings. The van der Waals surface area contributed by atoms with E-state index < -0.39 is 24.2 Å². The molecule has 2 aromatic carbocycles. The molecule has 0 unspecified atom stereocenters. The van der Waals surface area contributed by atoms with Crippen LogP contribution in [0.15, 0.2) is 59.5 Å². The van der Waals surface area contributed by atoms with E-state index >= 15 is 0 Å². The van der Waals surface area contributed by atoms with Crippen molar-refractivity contribution in [1.82, 2.24) is 0 Å². The van der Waals surface area contributed by atoms with Crippen LogP contribution in [0.2, 0.25) is 0 Å². The molecule has 0 aliphatic heterocycles. The first kappa shape index (κ1) is 18.2. The fraction of sp³-hybridized carbons (Fsp3) is 0.125. The lowest BCUT2D eigenvalue weighted by Gasteiger charge is -2.18. The molecule has 0 radical (unpaired) electrons. The molecular formula is C16H14O6S2. The number of carboxylic acids is 2. The van der Waals surface area contributed by atoms with Gasteiger partial charge in [0.2, 0.25) is 0 Å². The van der Waals surface area contributed by atoms with Gasteiger partial charge in [-0.3, -0.25) is 0 Å². The van der Waals surface area contributed by atoms with Crippen LogP contribution in [0.5, 0.6) is 5.75 Å². The second kappa shape index (κ2) is 9.21. The van der Waals surface area contributed by atoms with Crippen LogP contribution in [-0.4, -0.2) is 34.4 Å². The first-order valence-corrected chi connectivity index (χ1v) is 8.98. The minimum Gasteiger partial charge on any atom is -0.480 e. The Hall–Kier alpha value is -2.16. The van der Waals surface area contributed by atoms with Gasteiger partial charge in [-0.05, 0) is 35.1 Å². The normalized spacial score (nSPS) is 11.7. The largest absolute Gasteiger partial charge is 0.480 e. The molecule has 0 amide bonds. The molecule has 0 aliphatic rings. The zero-order valence-corrected chi connectivity index (χ0v) is 14.0. The number of aromatic carboxylic acids is 1. The van der Waals surface area contributed by atoms with Crippen LogP contribution in [0.4, 0.5) is 0 Å². The molecule has 1 atom stereocenters. The molecule has 6 nitrogen and oxygen atoms in total. The summed E-state index contributed by atoms with van der Waals surface area (Å²) in [6.07, 6.45) is 0. The van der Waals surface area contributed by atoms with Crippen molar-refractivity contribution in [2.75, 3.05) is 6.61 Å². The predicted octanol–water partition coefficient (Wildman–Crippen LogP) is 3.59. The van der Waals surface area contributed by atoms with Gasteiger partial charge in [0, 0.05) is 4.90 Å². The smallest absolute Gasteiger partial charge is 0.339 e. The van der Waals surface area contributed by atoms with Crippen molar-refractivity contribution in [2.45, 2.75) is 10.5 Å². The lowest BCUT2D eigenvalue weighted by Crippen LogP contribution is -2.21. The van der Waals surface area contributed by atoms with Gasteiger partial charge in [-0.15, -0.1) is 0 Å². The topological polar surface area (TPSA) is 93.1 Å². The highest BCUT2D eigenvalue weighted by Gasteiger charge is 2.19. The highest BCUT2D eigenvalue weighted by molar-refractivity contribution is 8.76. The second-order valence-electron chi connectivity index (χ2n) is 4.41. The van der Waals surface area contributed by atoms with E-state index in [1.807, 2.05) is 30.3 Å². The summed E-state index contributed by atoms with van der Waals surface area (Å²) >= 11 is 0. The first-order valence-electron chi connectivity index (χ1n) is 6.77. The van der Waals surface area contributed by atoms with Crippen LogP contribution in [-0.2, 0) is 9.53 Å². The van der Waals surface area contributed by atoms with Gasteiger partial charge in [-0.2, -0.15) is 0 Å². The molecule has 0 saturated heterocycles. The van der Waals surface area contributed by atoms with Gasteiger partial charge < -0.3 is 19.7 Å². The van der Waals surface area contributed by atoms with E-state index in [9.17, 15) is 14.7 Å². The van der Waals surface area contributed by atoms with Crippen LogP contribution in [0, 0.1) is 0 Å². The molecule has 0 heterocycles. The molecule has 0 spiro atoms. The molecule has 0 saturated carbocycles. The predicted molar refractivity (Wildman–Crippen MR) is 91.3 cm³/mol. The van der Waals surface area contributed by atoms with Crippen molar-refractivity contribution in [3.8, 4) is 5.75 Å². The zero-order valence-electron chi connectivity index (χ0n) is 12.3. The Kier molecular flexibility index (Phi) is 6.98. The summed E-state index contributed by atoms with van der Waals surface area (Å²) in [5, 5.41) is 17.9. The number of hydrogen-bond acceptors (Lipinski definition) is 6. The van der Waals surface area contributed by atoms with E-state index in [-0.39, 0.29) is 11.3 Å². The fourth-order valence-electron chi connectivity index (χ4n) is 1.64. The Bertz CT molecular complexity index is 692. The molecule has 0 aliphatic carbocycles. The van der Waals surface area contributed by atoms with Gasteiger partial charge in [0.1, 0.15) is 17.9 Å². The van der Waals surface area contributed by atoms with E-state index in [0.29, 0.717) is 0 Å². The summed E-state index contributed by atoms with van der Waals surface area (Å²) in [5.74, 6) is -2.16. The number of ether oxygens (including phenoxy) is 2. The molecular weight excluding hydrogens is 352 g/mol. The molecule has 0 bridgehead atoms. The number of carbonyl (C=O) groups is 2. The van der Waals surface area contributed by atoms with Crippen LogP contribution in [0.3, 0.4) is 0 Å². The van der Waals surface area contributed by atoms with Crippen molar-refractivity contribution in [3.63, 3.8) is 0 Å². The Morgan fingerprint density at radius 2 is 1.67 bits per heavy atom. The molecule has 24 heavy (non-hydrogen) atoms. The number of aliphatic carboxylic acids is 1. The number of benzene rings is 2. The Labute approximate surface area is 146 Å². The number of hydrogen-bond donors (Lipinski definition) is 2. The van der Waals surface area contributed by atoms with Gasteiger partial charge in [-0.1, -0.05) is 41.1 Å². The molecule has 2 aromatic rings. The molecule has 0 aromatic heterocycles. The van der Waals surface area contributed by atoms with Gasteiger partial charge in [-0.25, -0.2) is 9.59 Å². The molecule has 126 valence electrons. The quantitative estimate of drug-likeness (QED) is 0.514. The molecule has 2 N–H and O–H groups in total. The van der Waals surface area contributed by atoms with E-state index in [1.54, 1.807) is 12.1 Å². The van der Waals surface area contributed by atoms with Crippen LogP contribution in [0.1, 0.15) is 10.4 Å². The van der Waals surface area contributed by atoms with Crippen molar-refractivity contribution in [1.29, 1.82) is 0 Å².